The van der Waals surface area contributed by atoms with Gasteiger partial charge in [-0.2, -0.15) is 5.26 Å². The molecule has 0 aromatic carbocycles. The Morgan fingerprint density at radius 3 is 2.55 bits per heavy atom. The Hall–Kier alpha value is -0.630. The molecule has 4 nitrogen and oxygen atoms in total. The van der Waals surface area contributed by atoms with Crippen LogP contribution in [0.3, 0.4) is 0 Å². The quantitative estimate of drug-likeness (QED) is 0.705. The predicted molar refractivity (Wildman–Crippen MR) is 82.6 cm³/mol. The summed E-state index contributed by atoms with van der Waals surface area (Å²) < 4.78 is 5.40. The van der Waals surface area contributed by atoms with Gasteiger partial charge in [0.15, 0.2) is 0 Å². The van der Waals surface area contributed by atoms with Gasteiger partial charge in [0.2, 0.25) is 0 Å². The van der Waals surface area contributed by atoms with Gasteiger partial charge in [-0.05, 0) is 51.6 Å². The molecule has 0 aliphatic carbocycles. The molecule has 0 aromatic heterocycles. The zero-order valence-electron chi connectivity index (χ0n) is 13.5. The normalized spacial score (nSPS) is 20.5. The van der Waals surface area contributed by atoms with Crippen LogP contribution in [0.1, 0.15) is 52.4 Å². The maximum Gasteiger partial charge on any atom is 0.106 e. The molecule has 1 atom stereocenters. The fraction of sp³-hybridized carbons (Fsp3) is 0.938. The topological polar surface area (TPSA) is 48.3 Å². The number of hydrogen-bond donors (Lipinski definition) is 1. The molecule has 0 amide bonds. The summed E-state index contributed by atoms with van der Waals surface area (Å²) in [7, 11) is 1.81. The highest BCUT2D eigenvalue weighted by Crippen LogP contribution is 2.19. The van der Waals surface area contributed by atoms with Crippen molar-refractivity contribution in [2.45, 2.75) is 64.0 Å². The summed E-state index contributed by atoms with van der Waals surface area (Å²) in [5.74, 6) is 0. The number of methoxy groups -OCH3 is 1. The Balaban J connectivity index is 2.29. The number of nitriles is 1. The van der Waals surface area contributed by atoms with Crippen LogP contribution in [-0.4, -0.2) is 49.8 Å². The van der Waals surface area contributed by atoms with Crippen LogP contribution in [-0.2, 0) is 4.74 Å². The van der Waals surface area contributed by atoms with E-state index in [1.807, 2.05) is 7.11 Å². The zero-order valence-corrected chi connectivity index (χ0v) is 13.5. The van der Waals surface area contributed by atoms with Gasteiger partial charge in [0.05, 0.1) is 12.2 Å². The molecule has 1 rings (SSSR count). The number of likely N-dealkylation sites (tertiary alicyclic amines) is 1. The summed E-state index contributed by atoms with van der Waals surface area (Å²) in [6, 6.07) is 2.50. The average molecular weight is 281 g/mol. The minimum absolute atomic E-state index is 0.319. The fourth-order valence-corrected chi connectivity index (χ4v) is 2.90. The lowest BCUT2D eigenvalue weighted by atomic mass is 9.91. The van der Waals surface area contributed by atoms with E-state index in [9.17, 15) is 5.26 Å². The highest BCUT2D eigenvalue weighted by atomic mass is 16.5. The van der Waals surface area contributed by atoms with E-state index >= 15 is 0 Å². The standard InChI is InChI=1S/C16H31N3O/c1-4-10-18-16(5-2,14-17)9-6-11-19-12-7-15(20-3)8-13-19/h15,18H,4-13H2,1-3H3. The SMILES string of the molecule is CCCNC(C#N)(CC)CCCN1CCC(OC)CC1. The molecular weight excluding hydrogens is 250 g/mol. The second-order valence-electron chi connectivity index (χ2n) is 5.85. The first-order valence-corrected chi connectivity index (χ1v) is 8.11. The molecule has 1 heterocycles. The van der Waals surface area contributed by atoms with Crippen LogP contribution in [0.25, 0.3) is 0 Å². The van der Waals surface area contributed by atoms with Crippen LogP contribution in [0.15, 0.2) is 0 Å². The van der Waals surface area contributed by atoms with Crippen molar-refractivity contribution in [2.24, 2.45) is 0 Å². The van der Waals surface area contributed by atoms with Crippen molar-refractivity contribution in [2.75, 3.05) is 33.3 Å². The Bertz CT molecular complexity index is 295. The predicted octanol–water partition coefficient (Wildman–Crippen LogP) is 2.55. The highest BCUT2D eigenvalue weighted by Gasteiger charge is 2.27. The molecule has 116 valence electrons. The fourth-order valence-electron chi connectivity index (χ4n) is 2.90. The van der Waals surface area contributed by atoms with Gasteiger partial charge in [-0.3, -0.25) is 5.32 Å². The maximum absolute atomic E-state index is 9.46. The third kappa shape index (κ3) is 5.40. The van der Waals surface area contributed by atoms with Crippen LogP contribution in [0.2, 0.25) is 0 Å². The Morgan fingerprint density at radius 1 is 1.35 bits per heavy atom. The third-order valence-corrected chi connectivity index (χ3v) is 4.48. The van der Waals surface area contributed by atoms with Crippen molar-refractivity contribution >= 4 is 0 Å². The molecule has 1 saturated heterocycles. The van der Waals surface area contributed by atoms with E-state index < -0.39 is 0 Å². The monoisotopic (exact) mass is 281 g/mol. The Labute approximate surface area is 124 Å². The highest BCUT2D eigenvalue weighted by molar-refractivity contribution is 5.06. The maximum atomic E-state index is 9.46. The van der Waals surface area contributed by atoms with Gasteiger partial charge >= 0.3 is 0 Å². The number of nitrogens with zero attached hydrogens (tertiary/aromatic N) is 2. The molecule has 1 fully saturated rings. The van der Waals surface area contributed by atoms with Gasteiger partial charge in [-0.1, -0.05) is 13.8 Å². The van der Waals surface area contributed by atoms with Crippen LogP contribution in [0, 0.1) is 11.3 Å². The Kier molecular flexibility index (Phi) is 8.13. The van der Waals surface area contributed by atoms with E-state index in [-0.39, 0.29) is 5.54 Å². The van der Waals surface area contributed by atoms with Crippen molar-refractivity contribution in [1.29, 1.82) is 5.26 Å². The van der Waals surface area contributed by atoms with E-state index in [0.717, 1.165) is 64.7 Å². The summed E-state index contributed by atoms with van der Waals surface area (Å²) >= 11 is 0. The third-order valence-electron chi connectivity index (χ3n) is 4.48. The van der Waals surface area contributed by atoms with Crippen LogP contribution >= 0.6 is 0 Å². The van der Waals surface area contributed by atoms with Gasteiger partial charge in [0, 0.05) is 20.2 Å². The van der Waals surface area contributed by atoms with Crippen LogP contribution in [0.4, 0.5) is 0 Å². The molecule has 0 bridgehead atoms. The molecule has 1 unspecified atom stereocenters. The average Bonchev–Trinajstić information content (AvgIpc) is 2.51. The first kappa shape index (κ1) is 17.4. The first-order valence-electron chi connectivity index (χ1n) is 8.11. The van der Waals surface area contributed by atoms with E-state index in [0.29, 0.717) is 6.10 Å². The lowest BCUT2D eigenvalue weighted by Gasteiger charge is -2.32. The molecular formula is C16H31N3O. The van der Waals surface area contributed by atoms with Crippen molar-refractivity contribution in [3.05, 3.63) is 0 Å². The van der Waals surface area contributed by atoms with Gasteiger partial charge in [-0.25, -0.2) is 0 Å². The molecule has 0 spiro atoms. The second-order valence-corrected chi connectivity index (χ2v) is 5.85. The summed E-state index contributed by atoms with van der Waals surface area (Å²) in [5, 5.41) is 12.9. The van der Waals surface area contributed by atoms with Gasteiger partial charge in [-0.15, -0.1) is 0 Å². The van der Waals surface area contributed by atoms with Gasteiger partial charge < -0.3 is 9.64 Å². The molecule has 4 heteroatoms. The summed E-state index contributed by atoms with van der Waals surface area (Å²) in [6.07, 6.45) is 6.73. The van der Waals surface area contributed by atoms with Crippen LogP contribution < -0.4 is 5.32 Å². The van der Waals surface area contributed by atoms with Crippen molar-refractivity contribution in [3.8, 4) is 6.07 Å². The first-order chi connectivity index (χ1) is 9.69. The van der Waals surface area contributed by atoms with Crippen molar-refractivity contribution in [3.63, 3.8) is 0 Å². The number of ether oxygens (including phenoxy) is 1. The number of nitrogens with one attached hydrogen (secondary N) is 1. The second kappa shape index (κ2) is 9.33. The number of hydrogen-bond acceptors (Lipinski definition) is 4. The number of piperidine rings is 1. The smallest absolute Gasteiger partial charge is 0.106 e. The lowest BCUT2D eigenvalue weighted by Crippen LogP contribution is -2.44. The Morgan fingerprint density at radius 2 is 2.05 bits per heavy atom. The van der Waals surface area contributed by atoms with E-state index in [2.05, 4.69) is 30.1 Å². The molecule has 0 saturated carbocycles. The van der Waals surface area contributed by atoms with Crippen molar-refractivity contribution in [1.82, 2.24) is 10.2 Å². The van der Waals surface area contributed by atoms with Crippen molar-refractivity contribution < 1.29 is 4.74 Å². The minimum atomic E-state index is -0.319. The summed E-state index contributed by atoms with van der Waals surface area (Å²) in [4.78, 5) is 2.51. The lowest BCUT2D eigenvalue weighted by molar-refractivity contribution is 0.0403. The molecule has 20 heavy (non-hydrogen) atoms. The molecule has 0 radical (unpaired) electrons. The van der Waals surface area contributed by atoms with E-state index in [1.165, 1.54) is 0 Å². The molecule has 0 aromatic rings. The molecule has 1 N–H and O–H groups in total. The van der Waals surface area contributed by atoms with Gasteiger partial charge in [0.25, 0.3) is 0 Å². The molecule has 1 aliphatic rings. The largest absolute Gasteiger partial charge is 0.381 e. The van der Waals surface area contributed by atoms with E-state index in [4.69, 9.17) is 4.74 Å². The minimum Gasteiger partial charge on any atom is -0.381 e. The summed E-state index contributed by atoms with van der Waals surface area (Å²) in [5.41, 5.74) is -0.319. The van der Waals surface area contributed by atoms with E-state index in [1.54, 1.807) is 0 Å². The summed E-state index contributed by atoms with van der Waals surface area (Å²) in [6.45, 7) is 8.55. The van der Waals surface area contributed by atoms with Crippen LogP contribution in [0.5, 0.6) is 0 Å². The zero-order chi connectivity index (χ0) is 14.8. The van der Waals surface area contributed by atoms with Gasteiger partial charge in [0.1, 0.15) is 5.54 Å². The molecule has 1 aliphatic heterocycles. The number of rotatable bonds is 9.